The molecule has 10 heteroatoms. The number of hydrogen-bond acceptors (Lipinski definition) is 5. The maximum atomic E-state index is 12.8. The second kappa shape index (κ2) is 11.9. The lowest BCUT2D eigenvalue weighted by Crippen LogP contribution is -2.45. The van der Waals surface area contributed by atoms with E-state index < -0.39 is 30.2 Å². The number of benzene rings is 2. The molecule has 3 atom stereocenters. The standard InChI is InChI=1S/C26H29F3N2O5/c1-16-5-3-8-22(17(16)2)31-24(33)15-36-25(34)18-9-11-21(12-10-18)35-14-23(32)30-20-7-4-6-19(13-20)26(27,28)29/h4,6-7,9-13,16-17,22H,3,5,8,14-15H2,1-2H3,(H,30,32)(H,31,33)/t16-,17+,22+/m1/s1. The topological polar surface area (TPSA) is 93.7 Å². The summed E-state index contributed by atoms with van der Waals surface area (Å²) < 4.78 is 48.8. The summed E-state index contributed by atoms with van der Waals surface area (Å²) in [5, 5.41) is 5.28. The Hall–Kier alpha value is -3.56. The second-order valence-electron chi connectivity index (χ2n) is 8.96. The first-order valence-electron chi connectivity index (χ1n) is 11.7. The number of nitrogens with one attached hydrogen (secondary N) is 2. The average molecular weight is 507 g/mol. The van der Waals surface area contributed by atoms with E-state index in [2.05, 4.69) is 24.5 Å². The van der Waals surface area contributed by atoms with Gasteiger partial charge >= 0.3 is 12.1 Å². The van der Waals surface area contributed by atoms with Crippen molar-refractivity contribution in [3.05, 3.63) is 59.7 Å². The molecule has 0 aromatic heterocycles. The number of alkyl halides is 3. The molecule has 3 rings (SSSR count). The fourth-order valence-corrected chi connectivity index (χ4v) is 4.06. The summed E-state index contributed by atoms with van der Waals surface area (Å²) in [7, 11) is 0. The minimum Gasteiger partial charge on any atom is -0.484 e. The normalized spacial score (nSPS) is 19.8. The van der Waals surface area contributed by atoms with Crippen LogP contribution in [0.1, 0.15) is 49.0 Å². The molecule has 1 saturated carbocycles. The van der Waals surface area contributed by atoms with Gasteiger partial charge in [0.25, 0.3) is 11.8 Å². The van der Waals surface area contributed by atoms with E-state index in [-0.39, 0.29) is 35.6 Å². The predicted octanol–water partition coefficient (Wildman–Crippen LogP) is 4.82. The van der Waals surface area contributed by atoms with Crippen LogP contribution in [0.15, 0.2) is 48.5 Å². The summed E-state index contributed by atoms with van der Waals surface area (Å²) in [5.41, 5.74) is -0.685. The monoisotopic (exact) mass is 506 g/mol. The van der Waals surface area contributed by atoms with E-state index in [1.165, 1.54) is 36.4 Å². The highest BCUT2D eigenvalue weighted by molar-refractivity contribution is 5.92. The van der Waals surface area contributed by atoms with Gasteiger partial charge in [-0.05, 0) is 60.7 Å². The summed E-state index contributed by atoms with van der Waals surface area (Å²) in [6, 6.07) is 10.1. The Kier molecular flexibility index (Phi) is 8.95. The van der Waals surface area contributed by atoms with Crippen LogP contribution < -0.4 is 15.4 Å². The number of ether oxygens (including phenoxy) is 2. The van der Waals surface area contributed by atoms with E-state index in [4.69, 9.17) is 9.47 Å². The number of amides is 2. The molecule has 1 aliphatic carbocycles. The van der Waals surface area contributed by atoms with Gasteiger partial charge in [0, 0.05) is 11.7 Å². The van der Waals surface area contributed by atoms with Crippen molar-refractivity contribution in [1.29, 1.82) is 0 Å². The van der Waals surface area contributed by atoms with Crippen LogP contribution in [0.3, 0.4) is 0 Å². The third-order valence-corrected chi connectivity index (χ3v) is 6.32. The number of esters is 1. The fourth-order valence-electron chi connectivity index (χ4n) is 4.06. The molecule has 7 nitrogen and oxygen atoms in total. The molecule has 2 N–H and O–H groups in total. The predicted molar refractivity (Wildman–Crippen MR) is 126 cm³/mol. The lowest BCUT2D eigenvalue weighted by Gasteiger charge is -2.34. The number of anilines is 1. The van der Waals surface area contributed by atoms with Crippen molar-refractivity contribution in [2.24, 2.45) is 11.8 Å². The smallest absolute Gasteiger partial charge is 0.416 e. The third-order valence-electron chi connectivity index (χ3n) is 6.32. The minimum absolute atomic E-state index is 0.00647. The summed E-state index contributed by atoms with van der Waals surface area (Å²) >= 11 is 0. The highest BCUT2D eigenvalue weighted by atomic mass is 19.4. The first kappa shape index (κ1) is 27.0. The van der Waals surface area contributed by atoms with Gasteiger partial charge in [-0.3, -0.25) is 9.59 Å². The molecule has 1 aliphatic rings. The maximum Gasteiger partial charge on any atom is 0.416 e. The molecular weight excluding hydrogens is 477 g/mol. The van der Waals surface area contributed by atoms with E-state index >= 15 is 0 Å². The molecule has 0 radical (unpaired) electrons. The number of halogens is 3. The van der Waals surface area contributed by atoms with Gasteiger partial charge in [0.05, 0.1) is 11.1 Å². The molecule has 1 fully saturated rings. The summed E-state index contributed by atoms with van der Waals surface area (Å²) in [6.07, 6.45) is -1.42. The number of hydrogen-bond donors (Lipinski definition) is 2. The molecule has 0 heterocycles. The Bertz CT molecular complexity index is 1070. The van der Waals surface area contributed by atoms with Crippen molar-refractivity contribution < 1.29 is 37.0 Å². The Morgan fingerprint density at radius 3 is 2.39 bits per heavy atom. The summed E-state index contributed by atoms with van der Waals surface area (Å²) in [6.45, 7) is 3.45. The molecule has 0 unspecified atom stereocenters. The molecule has 2 aromatic carbocycles. The van der Waals surface area contributed by atoms with Crippen LogP contribution >= 0.6 is 0 Å². The molecular formula is C26H29F3N2O5. The van der Waals surface area contributed by atoms with E-state index in [1.807, 2.05) is 0 Å². The van der Waals surface area contributed by atoms with Gasteiger partial charge in [0.15, 0.2) is 13.2 Å². The van der Waals surface area contributed by atoms with Crippen LogP contribution in [-0.2, 0) is 20.5 Å². The van der Waals surface area contributed by atoms with Crippen LogP contribution in [0.5, 0.6) is 5.75 Å². The molecule has 36 heavy (non-hydrogen) atoms. The van der Waals surface area contributed by atoms with Crippen molar-refractivity contribution in [1.82, 2.24) is 5.32 Å². The van der Waals surface area contributed by atoms with E-state index in [0.717, 1.165) is 31.4 Å². The van der Waals surface area contributed by atoms with E-state index in [1.54, 1.807) is 0 Å². The lowest BCUT2D eigenvalue weighted by molar-refractivity contribution is -0.137. The van der Waals surface area contributed by atoms with Gasteiger partial charge in [0.2, 0.25) is 0 Å². The molecule has 2 aromatic rings. The highest BCUT2D eigenvalue weighted by Crippen LogP contribution is 2.31. The Morgan fingerprint density at radius 2 is 1.69 bits per heavy atom. The quantitative estimate of drug-likeness (QED) is 0.501. The first-order valence-corrected chi connectivity index (χ1v) is 11.7. The molecule has 194 valence electrons. The highest BCUT2D eigenvalue weighted by Gasteiger charge is 2.30. The number of rotatable bonds is 8. The Balaban J connectivity index is 1.43. The van der Waals surface area contributed by atoms with Gasteiger partial charge in [-0.15, -0.1) is 0 Å². The van der Waals surface area contributed by atoms with Crippen LogP contribution in [-0.4, -0.2) is 37.0 Å². The number of carbonyl (C=O) groups is 3. The van der Waals surface area contributed by atoms with Gasteiger partial charge in [-0.1, -0.05) is 32.8 Å². The Labute approximate surface area is 207 Å². The largest absolute Gasteiger partial charge is 0.484 e. The van der Waals surface area contributed by atoms with Crippen LogP contribution in [0, 0.1) is 11.8 Å². The third kappa shape index (κ3) is 7.73. The van der Waals surface area contributed by atoms with Gasteiger partial charge < -0.3 is 20.1 Å². The molecule has 2 amide bonds. The average Bonchev–Trinajstić information content (AvgIpc) is 2.84. The van der Waals surface area contributed by atoms with Crippen LogP contribution in [0.4, 0.5) is 18.9 Å². The SMILES string of the molecule is C[C@H]1[C@H](C)CCC[C@@H]1NC(=O)COC(=O)c1ccc(OCC(=O)Nc2cccc(C(F)(F)F)c2)cc1. The first-order chi connectivity index (χ1) is 17.0. The van der Waals surface area contributed by atoms with Crippen molar-refractivity contribution >= 4 is 23.5 Å². The van der Waals surface area contributed by atoms with Gasteiger partial charge in [-0.25, -0.2) is 4.79 Å². The van der Waals surface area contributed by atoms with Crippen molar-refractivity contribution in [2.45, 2.75) is 45.3 Å². The van der Waals surface area contributed by atoms with E-state index in [0.29, 0.717) is 11.8 Å². The van der Waals surface area contributed by atoms with Crippen LogP contribution in [0.25, 0.3) is 0 Å². The summed E-state index contributed by atoms with van der Waals surface area (Å²) in [4.78, 5) is 36.5. The zero-order valence-corrected chi connectivity index (χ0v) is 20.1. The maximum absolute atomic E-state index is 12.8. The van der Waals surface area contributed by atoms with Crippen molar-refractivity contribution in [2.75, 3.05) is 18.5 Å². The van der Waals surface area contributed by atoms with Crippen molar-refractivity contribution in [3.8, 4) is 5.75 Å². The zero-order valence-electron chi connectivity index (χ0n) is 20.1. The second-order valence-corrected chi connectivity index (χ2v) is 8.96. The fraction of sp³-hybridized carbons (Fsp3) is 0.423. The molecule has 0 saturated heterocycles. The van der Waals surface area contributed by atoms with Gasteiger partial charge in [-0.2, -0.15) is 13.2 Å². The van der Waals surface area contributed by atoms with Crippen molar-refractivity contribution in [3.63, 3.8) is 0 Å². The Morgan fingerprint density at radius 1 is 0.972 bits per heavy atom. The molecule has 0 spiro atoms. The molecule has 0 bridgehead atoms. The number of carbonyl (C=O) groups excluding carboxylic acids is 3. The molecule has 0 aliphatic heterocycles. The minimum atomic E-state index is -4.52. The van der Waals surface area contributed by atoms with E-state index in [9.17, 15) is 27.6 Å². The zero-order chi connectivity index (χ0) is 26.3. The van der Waals surface area contributed by atoms with Crippen LogP contribution in [0.2, 0.25) is 0 Å². The van der Waals surface area contributed by atoms with Gasteiger partial charge in [0.1, 0.15) is 5.75 Å². The lowest BCUT2D eigenvalue weighted by atomic mass is 9.78. The summed E-state index contributed by atoms with van der Waals surface area (Å²) in [5.74, 6) is -0.517.